The Balaban J connectivity index is 2.19. The Bertz CT molecular complexity index is 652. The number of hydrogen-bond donors (Lipinski definition) is 2. The van der Waals surface area contributed by atoms with Crippen LogP contribution in [0.4, 0.5) is 5.82 Å². The Hall–Kier alpha value is -1.47. The average molecular weight is 314 g/mol. The lowest BCUT2D eigenvalue weighted by molar-refractivity contribution is 0.534. The lowest BCUT2D eigenvalue weighted by atomic mass is 10.3. The van der Waals surface area contributed by atoms with E-state index in [1.54, 1.807) is 17.7 Å². The molecule has 2 rings (SSSR count). The number of halogens is 1. The number of thioether (sulfide) groups is 1. The van der Waals surface area contributed by atoms with Crippen LogP contribution >= 0.6 is 23.4 Å². The molecule has 0 radical (unpaired) electrons. The summed E-state index contributed by atoms with van der Waals surface area (Å²) >= 11 is 7.56. The monoisotopic (exact) mass is 313 g/mol. The van der Waals surface area contributed by atoms with Gasteiger partial charge in [-0.25, -0.2) is 14.9 Å². The second-order valence-electron chi connectivity index (χ2n) is 4.44. The van der Waals surface area contributed by atoms with Crippen molar-refractivity contribution in [2.75, 3.05) is 12.4 Å². The van der Waals surface area contributed by atoms with E-state index >= 15 is 0 Å². The second kappa shape index (κ2) is 6.32. The van der Waals surface area contributed by atoms with Gasteiger partial charge in [0.2, 0.25) is 0 Å². The van der Waals surface area contributed by atoms with Crippen molar-refractivity contribution in [3.05, 3.63) is 33.3 Å². The molecule has 2 heterocycles. The van der Waals surface area contributed by atoms with Gasteiger partial charge in [0, 0.05) is 18.8 Å². The van der Waals surface area contributed by atoms with E-state index in [1.165, 1.54) is 11.8 Å². The molecule has 2 aromatic rings. The lowest BCUT2D eigenvalue weighted by Gasteiger charge is -2.09. The minimum Gasteiger partial charge on any atom is -0.373 e. The fraction of sp³-hybridized carbons (Fsp3) is 0.417. The summed E-state index contributed by atoms with van der Waals surface area (Å²) < 4.78 is 1.61. The third-order valence-corrected chi connectivity index (χ3v) is 4.01. The quantitative estimate of drug-likeness (QED) is 0.830. The summed E-state index contributed by atoms with van der Waals surface area (Å²) in [5.41, 5.74) is 0.555. The Morgan fingerprint density at radius 2 is 2.25 bits per heavy atom. The minimum absolute atomic E-state index is 0.0517. The summed E-state index contributed by atoms with van der Waals surface area (Å²) in [7, 11) is 1.80. The van der Waals surface area contributed by atoms with Gasteiger partial charge in [-0.3, -0.25) is 4.57 Å². The van der Waals surface area contributed by atoms with Crippen LogP contribution in [0.2, 0.25) is 5.02 Å². The van der Waals surface area contributed by atoms with Gasteiger partial charge in [-0.1, -0.05) is 23.4 Å². The summed E-state index contributed by atoms with van der Waals surface area (Å²) in [5, 5.41) is 10.7. The summed E-state index contributed by atoms with van der Waals surface area (Å²) in [5.74, 6) is 1.30. The number of pyridine rings is 1. The fourth-order valence-electron chi connectivity index (χ4n) is 1.71. The highest BCUT2D eigenvalue weighted by Crippen LogP contribution is 2.25. The molecule has 20 heavy (non-hydrogen) atoms. The van der Waals surface area contributed by atoms with Crippen LogP contribution < -0.4 is 11.0 Å². The Kier molecular flexibility index (Phi) is 4.72. The maximum absolute atomic E-state index is 11.6. The number of anilines is 1. The standard InChI is InChI=1S/C12H16ClN5OS/c1-7(2)18-11(19)16-17-12(18)20-6-9-8(13)4-5-10(14-3)15-9/h4-5,7H,6H2,1-3H3,(H,14,15)(H,16,19). The second-order valence-corrected chi connectivity index (χ2v) is 5.79. The van der Waals surface area contributed by atoms with E-state index in [2.05, 4.69) is 20.5 Å². The van der Waals surface area contributed by atoms with Crippen molar-refractivity contribution in [3.63, 3.8) is 0 Å². The zero-order valence-electron chi connectivity index (χ0n) is 11.5. The molecule has 0 unspecified atom stereocenters. The number of aromatic nitrogens is 4. The molecule has 0 saturated heterocycles. The molecule has 0 amide bonds. The van der Waals surface area contributed by atoms with Crippen LogP contribution in [0.15, 0.2) is 22.1 Å². The average Bonchev–Trinajstić information content (AvgIpc) is 2.79. The maximum Gasteiger partial charge on any atom is 0.344 e. The van der Waals surface area contributed by atoms with E-state index in [-0.39, 0.29) is 11.7 Å². The van der Waals surface area contributed by atoms with Crippen molar-refractivity contribution in [3.8, 4) is 0 Å². The van der Waals surface area contributed by atoms with Crippen molar-refractivity contribution < 1.29 is 0 Å². The molecule has 108 valence electrons. The number of H-pyrrole nitrogens is 1. The zero-order chi connectivity index (χ0) is 14.7. The predicted molar refractivity (Wildman–Crippen MR) is 81.6 cm³/mol. The molecule has 0 aliphatic heterocycles. The van der Waals surface area contributed by atoms with Crippen LogP contribution in [-0.2, 0) is 5.75 Å². The van der Waals surface area contributed by atoms with E-state index in [0.29, 0.717) is 15.9 Å². The molecule has 0 aromatic carbocycles. The van der Waals surface area contributed by atoms with Crippen molar-refractivity contribution in [1.82, 2.24) is 19.7 Å². The summed E-state index contributed by atoms with van der Waals surface area (Å²) in [4.78, 5) is 16.0. The molecule has 0 spiro atoms. The molecular weight excluding hydrogens is 298 g/mol. The molecule has 0 bridgehead atoms. The predicted octanol–water partition coefficient (Wildman–Crippen LogP) is 2.53. The third-order valence-electron chi connectivity index (χ3n) is 2.70. The van der Waals surface area contributed by atoms with Gasteiger partial charge in [-0.05, 0) is 26.0 Å². The van der Waals surface area contributed by atoms with Crippen LogP contribution in [0.1, 0.15) is 25.6 Å². The number of nitrogens with one attached hydrogen (secondary N) is 2. The first-order chi connectivity index (χ1) is 9.52. The molecule has 2 aromatic heterocycles. The number of hydrogen-bond acceptors (Lipinski definition) is 5. The fourth-order valence-corrected chi connectivity index (χ4v) is 2.99. The molecule has 0 fully saturated rings. The number of nitrogens with zero attached hydrogens (tertiary/aromatic N) is 3. The van der Waals surface area contributed by atoms with E-state index < -0.39 is 0 Å². The number of aromatic amines is 1. The maximum atomic E-state index is 11.6. The Labute approximate surface area is 125 Å². The van der Waals surface area contributed by atoms with Gasteiger partial charge in [0.15, 0.2) is 5.16 Å². The normalized spacial score (nSPS) is 11.1. The van der Waals surface area contributed by atoms with Crippen LogP contribution in [0.3, 0.4) is 0 Å². The van der Waals surface area contributed by atoms with E-state index in [4.69, 9.17) is 11.6 Å². The van der Waals surface area contributed by atoms with Crippen molar-refractivity contribution in [2.45, 2.75) is 30.8 Å². The Morgan fingerprint density at radius 3 is 2.90 bits per heavy atom. The van der Waals surface area contributed by atoms with Crippen LogP contribution in [0.5, 0.6) is 0 Å². The van der Waals surface area contributed by atoms with Crippen LogP contribution in [0, 0.1) is 0 Å². The first kappa shape index (κ1) is 14.9. The van der Waals surface area contributed by atoms with Gasteiger partial charge < -0.3 is 5.32 Å². The molecule has 0 aliphatic carbocycles. The van der Waals surface area contributed by atoms with Gasteiger partial charge in [-0.15, -0.1) is 5.10 Å². The third kappa shape index (κ3) is 3.16. The lowest BCUT2D eigenvalue weighted by Crippen LogP contribution is -2.19. The van der Waals surface area contributed by atoms with E-state index in [1.807, 2.05) is 19.9 Å². The smallest absolute Gasteiger partial charge is 0.344 e. The summed E-state index contributed by atoms with van der Waals surface area (Å²) in [6, 6.07) is 3.67. The highest BCUT2D eigenvalue weighted by Gasteiger charge is 2.13. The molecule has 6 nitrogen and oxygen atoms in total. The van der Waals surface area contributed by atoms with Crippen LogP contribution in [-0.4, -0.2) is 26.8 Å². The van der Waals surface area contributed by atoms with Crippen molar-refractivity contribution >= 4 is 29.2 Å². The molecule has 2 N–H and O–H groups in total. The molecular formula is C12H16ClN5OS. The molecule has 0 atom stereocenters. The topological polar surface area (TPSA) is 75.6 Å². The van der Waals surface area contributed by atoms with Crippen molar-refractivity contribution in [1.29, 1.82) is 0 Å². The van der Waals surface area contributed by atoms with Gasteiger partial charge >= 0.3 is 5.69 Å². The first-order valence-corrected chi connectivity index (χ1v) is 7.52. The van der Waals surface area contributed by atoms with Crippen molar-refractivity contribution in [2.24, 2.45) is 0 Å². The molecule has 8 heteroatoms. The summed E-state index contributed by atoms with van der Waals surface area (Å²) in [6.07, 6.45) is 0. The SMILES string of the molecule is CNc1ccc(Cl)c(CSc2n[nH]c(=O)n2C(C)C)n1. The first-order valence-electron chi connectivity index (χ1n) is 6.15. The summed E-state index contributed by atoms with van der Waals surface area (Å²) in [6.45, 7) is 3.88. The number of rotatable bonds is 5. The van der Waals surface area contributed by atoms with Gasteiger partial charge in [0.1, 0.15) is 5.82 Å². The van der Waals surface area contributed by atoms with Gasteiger partial charge in [0.25, 0.3) is 0 Å². The highest BCUT2D eigenvalue weighted by molar-refractivity contribution is 7.98. The minimum atomic E-state index is -0.203. The van der Waals surface area contributed by atoms with E-state index in [9.17, 15) is 4.79 Å². The van der Waals surface area contributed by atoms with E-state index in [0.717, 1.165) is 11.5 Å². The van der Waals surface area contributed by atoms with Crippen LogP contribution in [0.25, 0.3) is 0 Å². The van der Waals surface area contributed by atoms with Gasteiger partial charge in [-0.2, -0.15) is 0 Å². The zero-order valence-corrected chi connectivity index (χ0v) is 13.0. The largest absolute Gasteiger partial charge is 0.373 e. The molecule has 0 saturated carbocycles. The Morgan fingerprint density at radius 1 is 1.50 bits per heavy atom. The highest BCUT2D eigenvalue weighted by atomic mass is 35.5. The molecule has 0 aliphatic rings. The van der Waals surface area contributed by atoms with Gasteiger partial charge in [0.05, 0.1) is 10.7 Å².